The quantitative estimate of drug-likeness (QED) is 0.910. The molecule has 2 rings (SSSR count). The van der Waals surface area contributed by atoms with Crippen molar-refractivity contribution in [3.63, 3.8) is 0 Å². The monoisotopic (exact) mass is 282 g/mol. The molecule has 0 spiro atoms. The molecule has 0 aromatic heterocycles. The fourth-order valence-corrected chi connectivity index (χ4v) is 3.09. The summed E-state index contributed by atoms with van der Waals surface area (Å²) in [5.41, 5.74) is 0.363. The van der Waals surface area contributed by atoms with Crippen LogP contribution in [-0.4, -0.2) is 18.2 Å². The predicted molar refractivity (Wildman–Crippen MR) is 74.9 cm³/mol. The van der Waals surface area contributed by atoms with Gasteiger partial charge in [0.25, 0.3) is 0 Å². The first kappa shape index (κ1) is 14.2. The fraction of sp³-hybridized carbons (Fsp3) is 0.533. The molecule has 0 saturated heterocycles. The number of rotatable bonds is 4. The molecule has 1 fully saturated rings. The smallest absolute Gasteiger partial charge is 0.309 e. The van der Waals surface area contributed by atoms with Crippen molar-refractivity contribution in [3.05, 3.63) is 28.8 Å². The molecule has 0 amide bonds. The molecule has 1 aromatic carbocycles. The summed E-state index contributed by atoms with van der Waals surface area (Å²) in [6.45, 7) is 0. The summed E-state index contributed by atoms with van der Waals surface area (Å²) < 4.78 is 5.19. The summed E-state index contributed by atoms with van der Waals surface area (Å²) >= 11 is 6.00. The van der Waals surface area contributed by atoms with E-state index < -0.39 is 11.4 Å². The van der Waals surface area contributed by atoms with E-state index in [1.165, 1.54) is 0 Å². The van der Waals surface area contributed by atoms with Crippen LogP contribution in [-0.2, 0) is 11.2 Å². The molecule has 1 aliphatic carbocycles. The summed E-state index contributed by atoms with van der Waals surface area (Å²) in [4.78, 5) is 11.6. The van der Waals surface area contributed by atoms with Gasteiger partial charge in [0.15, 0.2) is 0 Å². The molecule has 1 aliphatic rings. The van der Waals surface area contributed by atoms with Crippen molar-refractivity contribution < 1.29 is 14.6 Å². The molecule has 4 heteroatoms. The van der Waals surface area contributed by atoms with Gasteiger partial charge in [-0.25, -0.2) is 0 Å². The van der Waals surface area contributed by atoms with Crippen LogP contribution in [0.5, 0.6) is 5.75 Å². The highest BCUT2D eigenvalue weighted by atomic mass is 35.5. The lowest BCUT2D eigenvalue weighted by Crippen LogP contribution is -2.35. The third kappa shape index (κ3) is 3.03. The Hall–Kier alpha value is -1.22. The molecular weight excluding hydrogens is 264 g/mol. The molecule has 0 radical (unpaired) electrons. The van der Waals surface area contributed by atoms with E-state index >= 15 is 0 Å². The third-order valence-corrected chi connectivity index (χ3v) is 4.33. The molecule has 1 N–H and O–H groups in total. The SMILES string of the molecule is COc1cc(CC2(C(=O)O)CCCCC2)ccc1Cl. The molecule has 19 heavy (non-hydrogen) atoms. The first-order chi connectivity index (χ1) is 9.07. The second-order valence-electron chi connectivity index (χ2n) is 5.29. The van der Waals surface area contributed by atoms with Gasteiger partial charge in [-0.2, -0.15) is 0 Å². The normalized spacial score (nSPS) is 18.0. The molecular formula is C15H19ClO3. The van der Waals surface area contributed by atoms with Crippen LogP contribution in [0.2, 0.25) is 5.02 Å². The van der Waals surface area contributed by atoms with Crippen molar-refractivity contribution in [2.24, 2.45) is 5.41 Å². The van der Waals surface area contributed by atoms with Crippen molar-refractivity contribution in [2.75, 3.05) is 7.11 Å². The molecule has 104 valence electrons. The maximum absolute atomic E-state index is 11.6. The fourth-order valence-electron chi connectivity index (χ4n) is 2.90. The number of ether oxygens (including phenoxy) is 1. The minimum absolute atomic E-state index is 0.551. The van der Waals surface area contributed by atoms with Gasteiger partial charge in [-0.15, -0.1) is 0 Å². The zero-order valence-corrected chi connectivity index (χ0v) is 11.9. The van der Waals surface area contributed by atoms with E-state index in [9.17, 15) is 9.90 Å². The number of carboxylic acid groups (broad SMARTS) is 1. The average molecular weight is 283 g/mol. The van der Waals surface area contributed by atoms with Gasteiger partial charge in [-0.1, -0.05) is 36.9 Å². The Bertz CT molecular complexity index is 464. The maximum atomic E-state index is 11.6. The lowest BCUT2D eigenvalue weighted by Gasteiger charge is -2.33. The highest BCUT2D eigenvalue weighted by molar-refractivity contribution is 6.32. The second kappa shape index (κ2) is 5.83. The zero-order chi connectivity index (χ0) is 13.9. The van der Waals surface area contributed by atoms with Crippen LogP contribution in [0, 0.1) is 5.41 Å². The number of hydrogen-bond acceptors (Lipinski definition) is 2. The van der Waals surface area contributed by atoms with Crippen LogP contribution in [0.15, 0.2) is 18.2 Å². The Morgan fingerprint density at radius 3 is 2.63 bits per heavy atom. The molecule has 0 heterocycles. The standard InChI is InChI=1S/C15H19ClO3/c1-19-13-9-11(5-6-12(13)16)10-15(14(17)18)7-3-2-4-8-15/h5-6,9H,2-4,7-8,10H2,1H3,(H,17,18). The Morgan fingerprint density at radius 2 is 2.05 bits per heavy atom. The van der Waals surface area contributed by atoms with E-state index in [0.29, 0.717) is 17.2 Å². The number of benzene rings is 1. The van der Waals surface area contributed by atoms with Gasteiger partial charge in [-0.05, 0) is 37.0 Å². The van der Waals surface area contributed by atoms with Crippen LogP contribution >= 0.6 is 11.6 Å². The lowest BCUT2D eigenvalue weighted by atomic mass is 9.70. The molecule has 0 unspecified atom stereocenters. The lowest BCUT2D eigenvalue weighted by molar-refractivity contribution is -0.151. The van der Waals surface area contributed by atoms with E-state index in [-0.39, 0.29) is 0 Å². The van der Waals surface area contributed by atoms with E-state index in [0.717, 1.165) is 37.7 Å². The van der Waals surface area contributed by atoms with Crippen molar-refractivity contribution in [2.45, 2.75) is 38.5 Å². The first-order valence-electron chi connectivity index (χ1n) is 6.63. The largest absolute Gasteiger partial charge is 0.495 e. The molecule has 0 bridgehead atoms. The van der Waals surface area contributed by atoms with E-state index in [4.69, 9.17) is 16.3 Å². The average Bonchev–Trinajstić information content (AvgIpc) is 2.42. The van der Waals surface area contributed by atoms with Gasteiger partial charge in [0.2, 0.25) is 0 Å². The van der Waals surface area contributed by atoms with Gasteiger partial charge >= 0.3 is 5.97 Å². The van der Waals surface area contributed by atoms with Crippen molar-refractivity contribution >= 4 is 17.6 Å². The van der Waals surface area contributed by atoms with E-state index in [1.54, 1.807) is 13.2 Å². The maximum Gasteiger partial charge on any atom is 0.309 e. The number of carbonyl (C=O) groups is 1. The number of halogens is 1. The number of methoxy groups -OCH3 is 1. The Balaban J connectivity index is 2.24. The van der Waals surface area contributed by atoms with Gasteiger partial charge in [0.1, 0.15) is 5.75 Å². The molecule has 0 aliphatic heterocycles. The Morgan fingerprint density at radius 1 is 1.37 bits per heavy atom. The summed E-state index contributed by atoms with van der Waals surface area (Å²) in [5.74, 6) is -0.0726. The molecule has 1 saturated carbocycles. The van der Waals surface area contributed by atoms with Crippen LogP contribution in [0.3, 0.4) is 0 Å². The molecule has 1 aromatic rings. The van der Waals surface area contributed by atoms with Crippen LogP contribution < -0.4 is 4.74 Å². The van der Waals surface area contributed by atoms with Gasteiger partial charge in [0, 0.05) is 0 Å². The minimum Gasteiger partial charge on any atom is -0.495 e. The van der Waals surface area contributed by atoms with Crippen molar-refractivity contribution in [3.8, 4) is 5.75 Å². The van der Waals surface area contributed by atoms with Crippen LogP contribution in [0.25, 0.3) is 0 Å². The Kier molecular flexibility index (Phi) is 4.35. The molecule has 3 nitrogen and oxygen atoms in total. The second-order valence-corrected chi connectivity index (χ2v) is 5.70. The predicted octanol–water partition coefficient (Wildman–Crippen LogP) is 3.93. The summed E-state index contributed by atoms with van der Waals surface area (Å²) in [5, 5.41) is 10.1. The van der Waals surface area contributed by atoms with E-state index in [2.05, 4.69) is 0 Å². The topological polar surface area (TPSA) is 46.5 Å². The highest BCUT2D eigenvalue weighted by Crippen LogP contribution is 2.40. The number of aliphatic carboxylic acids is 1. The highest BCUT2D eigenvalue weighted by Gasteiger charge is 2.39. The molecule has 0 atom stereocenters. The van der Waals surface area contributed by atoms with Gasteiger partial charge in [-0.3, -0.25) is 4.79 Å². The van der Waals surface area contributed by atoms with Gasteiger partial charge in [0.05, 0.1) is 17.5 Å². The summed E-state index contributed by atoms with van der Waals surface area (Å²) in [6, 6.07) is 5.51. The third-order valence-electron chi connectivity index (χ3n) is 4.02. The van der Waals surface area contributed by atoms with E-state index in [1.807, 2.05) is 12.1 Å². The zero-order valence-electron chi connectivity index (χ0n) is 11.1. The van der Waals surface area contributed by atoms with Crippen LogP contribution in [0.4, 0.5) is 0 Å². The Labute approximate surface area is 118 Å². The van der Waals surface area contributed by atoms with Crippen molar-refractivity contribution in [1.82, 2.24) is 0 Å². The van der Waals surface area contributed by atoms with Crippen LogP contribution in [0.1, 0.15) is 37.7 Å². The first-order valence-corrected chi connectivity index (χ1v) is 7.01. The number of hydrogen-bond donors (Lipinski definition) is 1. The van der Waals surface area contributed by atoms with Gasteiger partial charge < -0.3 is 9.84 Å². The van der Waals surface area contributed by atoms with Crippen molar-refractivity contribution in [1.29, 1.82) is 0 Å². The number of carboxylic acids is 1. The summed E-state index contributed by atoms with van der Waals surface area (Å²) in [6.07, 6.45) is 5.20. The minimum atomic E-state index is -0.680. The summed E-state index contributed by atoms with van der Waals surface area (Å²) in [7, 11) is 1.57.